The number of ether oxygens (including phenoxy) is 2. The van der Waals surface area contributed by atoms with Crippen LogP contribution in [0.5, 0.6) is 5.88 Å². The van der Waals surface area contributed by atoms with Crippen molar-refractivity contribution >= 4 is 46.4 Å². The zero-order chi connectivity index (χ0) is 16.4. The van der Waals surface area contributed by atoms with Gasteiger partial charge in [0.25, 0.3) is 0 Å². The van der Waals surface area contributed by atoms with Gasteiger partial charge in [-0.2, -0.15) is 9.78 Å². The highest BCUT2D eigenvalue weighted by molar-refractivity contribution is 6.40. The molecule has 0 saturated carbocycles. The third-order valence-corrected chi connectivity index (χ3v) is 3.87. The second-order valence-corrected chi connectivity index (χ2v) is 6.07. The van der Waals surface area contributed by atoms with E-state index in [1.165, 1.54) is 4.68 Å². The minimum atomic E-state index is -0.0665. The lowest BCUT2D eigenvalue weighted by Crippen LogP contribution is -2.07. The van der Waals surface area contributed by atoms with E-state index in [0.717, 1.165) is 0 Å². The Bertz CT molecular complexity index is 705. The van der Waals surface area contributed by atoms with Crippen molar-refractivity contribution in [3.05, 3.63) is 50.3 Å². The maximum Gasteiger partial charge on any atom is 0.239 e. The van der Waals surface area contributed by atoms with Crippen molar-refractivity contribution in [2.45, 2.75) is 13.8 Å². The lowest BCUT2D eigenvalue weighted by atomic mass is 10.3. The van der Waals surface area contributed by atoms with Crippen LogP contribution in [-0.4, -0.2) is 16.6 Å². The molecule has 0 N–H and O–H groups in total. The Morgan fingerprint density at radius 2 is 1.82 bits per heavy atom. The van der Waals surface area contributed by atoms with E-state index in [1.807, 2.05) is 0 Å². The van der Waals surface area contributed by atoms with Crippen LogP contribution in [0.2, 0.25) is 20.1 Å². The summed E-state index contributed by atoms with van der Waals surface area (Å²) in [5, 5.41) is 5.70. The monoisotopic (exact) mass is 380 g/mol. The van der Waals surface area contributed by atoms with E-state index in [9.17, 15) is 0 Å². The molecule has 1 aromatic heterocycles. The topological polar surface area (TPSA) is 36.3 Å². The minimum absolute atomic E-state index is 0.0665. The van der Waals surface area contributed by atoms with Crippen LogP contribution in [-0.2, 0) is 4.74 Å². The number of allylic oxidation sites excluding steroid dienone is 1. The predicted molar refractivity (Wildman–Crippen MR) is 89.7 cm³/mol. The lowest BCUT2D eigenvalue weighted by Gasteiger charge is -2.13. The first-order valence-electron chi connectivity index (χ1n) is 6.12. The first kappa shape index (κ1) is 17.3. The molecule has 1 aromatic carbocycles. The fourth-order valence-electron chi connectivity index (χ4n) is 1.69. The van der Waals surface area contributed by atoms with Crippen molar-refractivity contribution in [1.29, 1.82) is 0 Å². The summed E-state index contributed by atoms with van der Waals surface area (Å²) in [7, 11) is 0. The van der Waals surface area contributed by atoms with Gasteiger partial charge < -0.3 is 9.47 Å². The van der Waals surface area contributed by atoms with Crippen molar-refractivity contribution in [2.75, 3.05) is 6.79 Å². The number of aromatic nitrogens is 2. The molecule has 8 heteroatoms. The van der Waals surface area contributed by atoms with Gasteiger partial charge in [-0.25, -0.2) is 0 Å². The first-order chi connectivity index (χ1) is 10.3. The summed E-state index contributed by atoms with van der Waals surface area (Å²) < 4.78 is 12.1. The molecule has 1 heterocycles. The Balaban J connectivity index is 2.47. The maximum absolute atomic E-state index is 6.22. The van der Waals surface area contributed by atoms with Gasteiger partial charge in [-0.3, -0.25) is 0 Å². The smallest absolute Gasteiger partial charge is 0.239 e. The predicted octanol–water partition coefficient (Wildman–Crippen LogP) is 5.68. The van der Waals surface area contributed by atoms with E-state index in [-0.39, 0.29) is 12.7 Å². The second-order valence-electron chi connectivity index (χ2n) is 4.44. The van der Waals surface area contributed by atoms with E-state index in [4.69, 9.17) is 55.9 Å². The largest absolute Gasteiger partial charge is 0.463 e. The Hall–Kier alpha value is -1.07. The molecule has 0 saturated heterocycles. The fraction of sp³-hybridized carbons (Fsp3) is 0.214. The SMILES string of the molecule is C=C(C)OCOc1c(Cl)c(C)nn1-c1c(Cl)cc(Cl)cc1Cl. The molecule has 118 valence electrons. The molecule has 0 radical (unpaired) electrons. The molecule has 0 fully saturated rings. The maximum atomic E-state index is 6.22. The Labute approximate surface area is 148 Å². The number of halogens is 4. The highest BCUT2D eigenvalue weighted by atomic mass is 35.5. The summed E-state index contributed by atoms with van der Waals surface area (Å²) in [6.45, 7) is 7.00. The van der Waals surface area contributed by atoms with Crippen LogP contribution in [0, 0.1) is 6.92 Å². The van der Waals surface area contributed by atoms with Crippen molar-refractivity contribution < 1.29 is 9.47 Å². The van der Waals surface area contributed by atoms with Gasteiger partial charge in [-0.15, -0.1) is 0 Å². The molecule has 0 amide bonds. The molecule has 2 rings (SSSR count). The average Bonchev–Trinajstić information content (AvgIpc) is 2.65. The highest BCUT2D eigenvalue weighted by Gasteiger charge is 2.21. The van der Waals surface area contributed by atoms with Gasteiger partial charge in [0.15, 0.2) is 0 Å². The van der Waals surface area contributed by atoms with E-state index < -0.39 is 0 Å². The van der Waals surface area contributed by atoms with Crippen LogP contribution in [0.4, 0.5) is 0 Å². The van der Waals surface area contributed by atoms with Gasteiger partial charge in [0.2, 0.25) is 12.7 Å². The number of benzene rings is 1. The van der Waals surface area contributed by atoms with Gasteiger partial charge in [0.05, 0.1) is 21.5 Å². The third-order valence-electron chi connectivity index (χ3n) is 2.64. The molecule has 22 heavy (non-hydrogen) atoms. The summed E-state index contributed by atoms with van der Waals surface area (Å²) in [5.41, 5.74) is 0.988. The van der Waals surface area contributed by atoms with E-state index in [0.29, 0.717) is 37.2 Å². The number of hydrogen-bond donors (Lipinski definition) is 0. The van der Waals surface area contributed by atoms with Crippen molar-refractivity contribution in [1.82, 2.24) is 9.78 Å². The summed E-state index contributed by atoms with van der Waals surface area (Å²) in [6.07, 6.45) is 0. The molecule has 0 atom stereocenters. The lowest BCUT2D eigenvalue weighted by molar-refractivity contribution is 0.0573. The van der Waals surface area contributed by atoms with Crippen LogP contribution in [0.25, 0.3) is 5.69 Å². The molecule has 0 bridgehead atoms. The Morgan fingerprint density at radius 1 is 1.23 bits per heavy atom. The van der Waals surface area contributed by atoms with Crippen molar-refractivity contribution in [3.8, 4) is 11.6 Å². The van der Waals surface area contributed by atoms with E-state index >= 15 is 0 Å². The summed E-state index contributed by atoms with van der Waals surface area (Å²) in [5.74, 6) is 0.785. The van der Waals surface area contributed by atoms with Gasteiger partial charge >= 0.3 is 0 Å². The van der Waals surface area contributed by atoms with Crippen LogP contribution in [0.1, 0.15) is 12.6 Å². The zero-order valence-electron chi connectivity index (χ0n) is 11.8. The normalized spacial score (nSPS) is 10.6. The molecular formula is C14H12Cl4N2O2. The Morgan fingerprint density at radius 3 is 2.36 bits per heavy atom. The fourth-order valence-corrected chi connectivity index (χ4v) is 2.84. The summed E-state index contributed by atoms with van der Waals surface area (Å²) in [4.78, 5) is 0. The van der Waals surface area contributed by atoms with E-state index in [1.54, 1.807) is 26.0 Å². The van der Waals surface area contributed by atoms with Gasteiger partial charge in [-0.05, 0) is 26.0 Å². The number of nitrogens with zero attached hydrogens (tertiary/aromatic N) is 2. The standard InChI is InChI=1S/C14H12Cl4N2O2/c1-7(2)21-6-22-14-12(18)8(3)19-20(14)13-10(16)4-9(15)5-11(13)17/h4-5H,1,6H2,2-3H3. The van der Waals surface area contributed by atoms with Crippen molar-refractivity contribution in [3.63, 3.8) is 0 Å². The molecular weight excluding hydrogens is 370 g/mol. The van der Waals surface area contributed by atoms with Crippen LogP contribution >= 0.6 is 46.4 Å². The highest BCUT2D eigenvalue weighted by Crippen LogP contribution is 2.37. The van der Waals surface area contributed by atoms with Gasteiger partial charge in [-0.1, -0.05) is 53.0 Å². The Kier molecular flexibility index (Phi) is 5.50. The van der Waals surface area contributed by atoms with Crippen LogP contribution < -0.4 is 4.74 Å². The summed E-state index contributed by atoms with van der Waals surface area (Å²) >= 11 is 24.6. The van der Waals surface area contributed by atoms with Crippen LogP contribution in [0.15, 0.2) is 24.5 Å². The first-order valence-corrected chi connectivity index (χ1v) is 7.63. The number of hydrogen-bond acceptors (Lipinski definition) is 3. The van der Waals surface area contributed by atoms with Gasteiger partial charge in [0.1, 0.15) is 10.7 Å². The quantitative estimate of drug-likeness (QED) is 0.493. The molecule has 0 aliphatic rings. The summed E-state index contributed by atoms with van der Waals surface area (Å²) in [6, 6.07) is 3.12. The minimum Gasteiger partial charge on any atom is -0.463 e. The number of rotatable bonds is 5. The molecule has 0 unspecified atom stereocenters. The zero-order valence-corrected chi connectivity index (χ0v) is 14.8. The molecule has 2 aromatic rings. The molecule has 4 nitrogen and oxygen atoms in total. The number of aryl methyl sites for hydroxylation is 1. The molecule has 0 aliphatic heterocycles. The average molecular weight is 382 g/mol. The molecule has 0 aliphatic carbocycles. The van der Waals surface area contributed by atoms with Crippen molar-refractivity contribution in [2.24, 2.45) is 0 Å². The molecule has 0 spiro atoms. The third kappa shape index (κ3) is 3.63. The van der Waals surface area contributed by atoms with Crippen LogP contribution in [0.3, 0.4) is 0 Å². The van der Waals surface area contributed by atoms with E-state index in [2.05, 4.69) is 11.7 Å². The second kappa shape index (κ2) is 7.01. The van der Waals surface area contributed by atoms with Gasteiger partial charge in [0, 0.05) is 5.02 Å².